The molecular weight excluding hydrogens is 310 g/mol. The maximum Gasteiger partial charge on any atom is 0.267 e. The summed E-state index contributed by atoms with van der Waals surface area (Å²) in [7, 11) is -3.76. The molecular formula is C12H15N5O2S2. The van der Waals surface area contributed by atoms with E-state index in [-0.39, 0.29) is 10.7 Å². The molecule has 0 spiro atoms. The zero-order valence-electron chi connectivity index (χ0n) is 11.2. The third-order valence-corrected chi connectivity index (χ3v) is 5.84. The Kier molecular flexibility index (Phi) is 3.79. The van der Waals surface area contributed by atoms with Crippen molar-refractivity contribution in [1.29, 1.82) is 0 Å². The molecule has 0 atom stereocenters. The molecule has 0 amide bonds. The summed E-state index contributed by atoms with van der Waals surface area (Å²) in [4.78, 5) is 9.44. The van der Waals surface area contributed by atoms with Crippen LogP contribution in [0.2, 0.25) is 0 Å². The number of nitrogens with two attached hydrogens (primary N) is 1. The highest BCUT2D eigenvalue weighted by Crippen LogP contribution is 2.31. The summed E-state index contributed by atoms with van der Waals surface area (Å²) in [5.41, 5.74) is 3.30. The standard InChI is InChI=1S/C12H15N5O2S2/c13-16-11-10(6-3-7-14-11)21(18,19)17-12-15-8-4-1-2-5-9(8)20-12/h3,6-7H,1-2,4-5,13H2,(H,14,16)(H,15,17). The van der Waals surface area contributed by atoms with E-state index in [4.69, 9.17) is 5.84 Å². The highest BCUT2D eigenvalue weighted by atomic mass is 32.2. The van der Waals surface area contributed by atoms with Crippen molar-refractivity contribution in [2.24, 2.45) is 5.84 Å². The van der Waals surface area contributed by atoms with Crippen LogP contribution in [0.4, 0.5) is 10.9 Å². The number of anilines is 2. The van der Waals surface area contributed by atoms with Gasteiger partial charge in [0.15, 0.2) is 10.9 Å². The lowest BCUT2D eigenvalue weighted by atomic mass is 10.0. The largest absolute Gasteiger partial charge is 0.307 e. The Labute approximate surface area is 126 Å². The summed E-state index contributed by atoms with van der Waals surface area (Å²) in [6.07, 6.45) is 5.58. The van der Waals surface area contributed by atoms with Crippen molar-refractivity contribution >= 4 is 32.3 Å². The van der Waals surface area contributed by atoms with Gasteiger partial charge in [0.05, 0.1) is 5.69 Å². The van der Waals surface area contributed by atoms with Crippen molar-refractivity contribution in [2.45, 2.75) is 30.6 Å². The molecule has 9 heteroatoms. The third kappa shape index (κ3) is 2.85. The molecule has 7 nitrogen and oxygen atoms in total. The summed E-state index contributed by atoms with van der Waals surface area (Å²) in [6.45, 7) is 0. The predicted molar refractivity (Wildman–Crippen MR) is 81.6 cm³/mol. The Bertz CT molecular complexity index is 733. The fourth-order valence-electron chi connectivity index (χ4n) is 2.28. The molecule has 4 N–H and O–H groups in total. The number of hydrogen-bond donors (Lipinski definition) is 3. The zero-order valence-corrected chi connectivity index (χ0v) is 12.8. The quantitative estimate of drug-likeness (QED) is 0.580. The summed E-state index contributed by atoms with van der Waals surface area (Å²) < 4.78 is 27.3. The second kappa shape index (κ2) is 5.58. The molecule has 1 aliphatic carbocycles. The molecule has 112 valence electrons. The molecule has 0 bridgehead atoms. The van der Waals surface area contributed by atoms with Gasteiger partial charge in [0.25, 0.3) is 10.0 Å². The average Bonchev–Trinajstić information content (AvgIpc) is 2.88. The van der Waals surface area contributed by atoms with Crippen molar-refractivity contribution in [3.05, 3.63) is 28.9 Å². The van der Waals surface area contributed by atoms with Gasteiger partial charge in [-0.2, -0.15) is 0 Å². The van der Waals surface area contributed by atoms with Gasteiger partial charge in [0, 0.05) is 11.1 Å². The van der Waals surface area contributed by atoms with Gasteiger partial charge in [-0.25, -0.2) is 24.2 Å². The molecule has 0 fully saturated rings. The van der Waals surface area contributed by atoms with Crippen molar-refractivity contribution in [1.82, 2.24) is 9.97 Å². The monoisotopic (exact) mass is 325 g/mol. The van der Waals surface area contributed by atoms with Gasteiger partial charge in [-0.05, 0) is 37.8 Å². The SMILES string of the molecule is NNc1ncccc1S(=O)(=O)Nc1nc2c(s1)CCCC2. The van der Waals surface area contributed by atoms with E-state index in [0.29, 0.717) is 5.13 Å². The predicted octanol–water partition coefficient (Wildman–Crippen LogP) is 1.50. The van der Waals surface area contributed by atoms with Crippen LogP contribution < -0.4 is 16.0 Å². The van der Waals surface area contributed by atoms with Gasteiger partial charge in [-0.15, -0.1) is 11.3 Å². The van der Waals surface area contributed by atoms with Crippen LogP contribution in [0.1, 0.15) is 23.4 Å². The topological polar surface area (TPSA) is 110 Å². The van der Waals surface area contributed by atoms with E-state index in [1.807, 2.05) is 0 Å². The van der Waals surface area contributed by atoms with E-state index >= 15 is 0 Å². The molecule has 0 saturated carbocycles. The second-order valence-electron chi connectivity index (χ2n) is 4.70. The molecule has 2 heterocycles. The minimum Gasteiger partial charge on any atom is -0.307 e. The molecule has 0 aliphatic heterocycles. The number of sulfonamides is 1. The van der Waals surface area contributed by atoms with Crippen LogP contribution in [0.3, 0.4) is 0 Å². The molecule has 1 aliphatic rings. The number of fused-ring (bicyclic) bond motifs is 1. The minimum atomic E-state index is -3.76. The normalized spacial score (nSPS) is 14.5. The van der Waals surface area contributed by atoms with Crippen LogP contribution in [0.25, 0.3) is 0 Å². The number of rotatable bonds is 4. The van der Waals surface area contributed by atoms with Gasteiger partial charge in [0.1, 0.15) is 4.90 Å². The Morgan fingerprint density at radius 1 is 1.29 bits per heavy atom. The lowest BCUT2D eigenvalue weighted by Gasteiger charge is -2.08. The number of aromatic nitrogens is 2. The number of thiazole rings is 1. The molecule has 0 saturated heterocycles. The van der Waals surface area contributed by atoms with Gasteiger partial charge in [0.2, 0.25) is 0 Å². The number of aryl methyl sites for hydroxylation is 2. The third-order valence-electron chi connectivity index (χ3n) is 3.26. The smallest absolute Gasteiger partial charge is 0.267 e. The number of hydrazine groups is 1. The van der Waals surface area contributed by atoms with Crippen molar-refractivity contribution in [3.63, 3.8) is 0 Å². The molecule has 0 radical (unpaired) electrons. The maximum atomic E-state index is 12.4. The van der Waals surface area contributed by atoms with E-state index in [0.717, 1.165) is 31.4 Å². The molecule has 2 aromatic rings. The summed E-state index contributed by atoms with van der Waals surface area (Å²) in [5, 5.41) is 0.397. The lowest BCUT2D eigenvalue weighted by molar-refractivity contribution is 0.601. The summed E-state index contributed by atoms with van der Waals surface area (Å²) >= 11 is 1.40. The minimum absolute atomic E-state index is 0.000622. The van der Waals surface area contributed by atoms with Crippen molar-refractivity contribution < 1.29 is 8.42 Å². The Morgan fingerprint density at radius 2 is 2.10 bits per heavy atom. The number of pyridine rings is 1. The van der Waals surface area contributed by atoms with Crippen LogP contribution >= 0.6 is 11.3 Å². The maximum absolute atomic E-state index is 12.4. The van der Waals surface area contributed by atoms with E-state index in [1.165, 1.54) is 28.5 Å². The van der Waals surface area contributed by atoms with Gasteiger partial charge in [-0.3, -0.25) is 4.72 Å². The number of nitrogen functional groups attached to an aromatic ring is 1. The first kappa shape index (κ1) is 14.2. The van der Waals surface area contributed by atoms with Crippen LogP contribution in [0.5, 0.6) is 0 Å². The fraction of sp³-hybridized carbons (Fsp3) is 0.333. The first-order chi connectivity index (χ1) is 10.1. The molecule has 3 rings (SSSR count). The number of nitrogens with one attached hydrogen (secondary N) is 2. The van der Waals surface area contributed by atoms with Crippen LogP contribution in [0.15, 0.2) is 23.2 Å². The highest BCUT2D eigenvalue weighted by Gasteiger charge is 2.22. The number of hydrogen-bond acceptors (Lipinski definition) is 7. The van der Waals surface area contributed by atoms with E-state index in [9.17, 15) is 8.42 Å². The van der Waals surface area contributed by atoms with Crippen LogP contribution in [-0.4, -0.2) is 18.4 Å². The second-order valence-corrected chi connectivity index (χ2v) is 7.43. The van der Waals surface area contributed by atoms with E-state index in [1.54, 1.807) is 6.07 Å². The van der Waals surface area contributed by atoms with Crippen molar-refractivity contribution in [3.8, 4) is 0 Å². The van der Waals surface area contributed by atoms with Gasteiger partial charge < -0.3 is 5.43 Å². The molecule has 21 heavy (non-hydrogen) atoms. The molecule has 2 aromatic heterocycles. The number of nitrogens with zero attached hydrogens (tertiary/aromatic N) is 2. The highest BCUT2D eigenvalue weighted by molar-refractivity contribution is 7.93. The average molecular weight is 325 g/mol. The van der Waals surface area contributed by atoms with Crippen LogP contribution in [0, 0.1) is 0 Å². The zero-order chi connectivity index (χ0) is 14.9. The Balaban J connectivity index is 1.91. The fourth-order valence-corrected chi connectivity index (χ4v) is 4.69. The van der Waals surface area contributed by atoms with E-state index < -0.39 is 10.0 Å². The van der Waals surface area contributed by atoms with Gasteiger partial charge >= 0.3 is 0 Å². The Hall–Kier alpha value is -1.71. The lowest BCUT2D eigenvalue weighted by Crippen LogP contribution is -2.18. The summed E-state index contributed by atoms with van der Waals surface area (Å²) in [5.74, 6) is 5.41. The first-order valence-corrected chi connectivity index (χ1v) is 8.83. The van der Waals surface area contributed by atoms with Gasteiger partial charge in [-0.1, -0.05) is 0 Å². The molecule has 0 aromatic carbocycles. The van der Waals surface area contributed by atoms with Crippen LogP contribution in [-0.2, 0) is 22.9 Å². The van der Waals surface area contributed by atoms with E-state index in [2.05, 4.69) is 20.1 Å². The first-order valence-electron chi connectivity index (χ1n) is 6.53. The Morgan fingerprint density at radius 3 is 2.86 bits per heavy atom. The van der Waals surface area contributed by atoms with Crippen molar-refractivity contribution in [2.75, 3.05) is 10.1 Å². The summed E-state index contributed by atoms with van der Waals surface area (Å²) in [6, 6.07) is 2.99. The molecule has 0 unspecified atom stereocenters.